The summed E-state index contributed by atoms with van der Waals surface area (Å²) in [5, 5.41) is 23.2. The molecule has 82 valence electrons. The van der Waals surface area contributed by atoms with Gasteiger partial charge < -0.3 is 25.7 Å². The summed E-state index contributed by atoms with van der Waals surface area (Å²) in [5.41, 5.74) is 0. The van der Waals surface area contributed by atoms with Crippen molar-refractivity contribution in [3.63, 3.8) is 0 Å². The molecule has 1 aliphatic heterocycles. The summed E-state index contributed by atoms with van der Waals surface area (Å²) in [7, 11) is 0. The molecule has 2 amide bonds. The molecule has 4 N–H and O–H groups in total. The van der Waals surface area contributed by atoms with E-state index in [9.17, 15) is 4.79 Å². The van der Waals surface area contributed by atoms with Gasteiger partial charge in [-0.3, -0.25) is 0 Å². The fourth-order valence-electron chi connectivity index (χ4n) is 1.27. The lowest BCUT2D eigenvalue weighted by molar-refractivity contribution is 0.0942. The Hall–Kier alpha value is -0.850. The van der Waals surface area contributed by atoms with Crippen molar-refractivity contribution in [1.29, 1.82) is 0 Å². The number of hydrogen-bond acceptors (Lipinski definition) is 4. The Bertz CT molecular complexity index is 189. The number of amides is 2. The maximum Gasteiger partial charge on any atom is 0.317 e. The van der Waals surface area contributed by atoms with Crippen LogP contribution < -0.4 is 10.6 Å². The number of carbonyl (C=O) groups is 1. The largest absolute Gasteiger partial charge is 0.394 e. The molecule has 1 saturated heterocycles. The highest BCUT2D eigenvalue weighted by atomic mass is 16.3. The molecule has 1 aliphatic rings. The molecule has 0 saturated carbocycles. The third kappa shape index (κ3) is 3.49. The van der Waals surface area contributed by atoms with Crippen molar-refractivity contribution in [2.24, 2.45) is 0 Å². The van der Waals surface area contributed by atoms with Crippen LogP contribution in [0.4, 0.5) is 4.79 Å². The standard InChI is InChI=1S/C8H17N3O3/c12-6-7(13)5-9-1-3-11-4-2-10-8(11)14/h7,9,12-13H,1-6H2,(H,10,14). The molecule has 0 aromatic rings. The van der Waals surface area contributed by atoms with Crippen molar-refractivity contribution in [3.05, 3.63) is 0 Å². The molecular weight excluding hydrogens is 186 g/mol. The van der Waals surface area contributed by atoms with Crippen molar-refractivity contribution in [3.8, 4) is 0 Å². The van der Waals surface area contributed by atoms with Crippen molar-refractivity contribution in [1.82, 2.24) is 15.5 Å². The lowest BCUT2D eigenvalue weighted by atomic mass is 10.4. The van der Waals surface area contributed by atoms with Gasteiger partial charge in [0, 0.05) is 32.7 Å². The second-order valence-electron chi connectivity index (χ2n) is 3.26. The molecule has 0 aliphatic carbocycles. The molecule has 0 aromatic carbocycles. The summed E-state index contributed by atoms with van der Waals surface area (Å²) in [6.45, 7) is 2.82. The number of nitrogens with one attached hydrogen (secondary N) is 2. The lowest BCUT2D eigenvalue weighted by Gasteiger charge is -2.15. The normalized spacial score (nSPS) is 18.4. The Morgan fingerprint density at radius 2 is 2.43 bits per heavy atom. The van der Waals surface area contributed by atoms with E-state index in [0.717, 1.165) is 6.54 Å². The number of nitrogens with zero attached hydrogens (tertiary/aromatic N) is 1. The summed E-state index contributed by atoms with van der Waals surface area (Å²) in [4.78, 5) is 12.8. The molecule has 1 fully saturated rings. The third-order valence-corrected chi connectivity index (χ3v) is 2.09. The summed E-state index contributed by atoms with van der Waals surface area (Å²) in [6.07, 6.45) is -0.720. The number of urea groups is 1. The van der Waals surface area contributed by atoms with Gasteiger partial charge in [0.1, 0.15) is 0 Å². The zero-order chi connectivity index (χ0) is 10.4. The molecule has 1 atom stereocenters. The van der Waals surface area contributed by atoms with Gasteiger partial charge in [0.15, 0.2) is 0 Å². The first-order chi connectivity index (χ1) is 6.74. The molecule has 6 heteroatoms. The Balaban J connectivity index is 2.01. The van der Waals surface area contributed by atoms with Gasteiger partial charge in [0.25, 0.3) is 0 Å². The van der Waals surface area contributed by atoms with Gasteiger partial charge in [-0.1, -0.05) is 0 Å². The molecule has 1 rings (SSSR count). The fraction of sp³-hybridized carbons (Fsp3) is 0.875. The first-order valence-corrected chi connectivity index (χ1v) is 4.76. The molecule has 0 spiro atoms. The van der Waals surface area contributed by atoms with E-state index in [0.29, 0.717) is 26.2 Å². The lowest BCUT2D eigenvalue weighted by Crippen LogP contribution is -2.37. The minimum Gasteiger partial charge on any atom is -0.394 e. The number of hydrogen-bond donors (Lipinski definition) is 4. The maximum absolute atomic E-state index is 11.1. The quantitative estimate of drug-likeness (QED) is 0.375. The number of rotatable bonds is 6. The van der Waals surface area contributed by atoms with Crippen LogP contribution in [-0.2, 0) is 0 Å². The molecule has 0 aromatic heterocycles. The average Bonchev–Trinajstić information content (AvgIpc) is 2.58. The van der Waals surface area contributed by atoms with Gasteiger partial charge >= 0.3 is 6.03 Å². The third-order valence-electron chi connectivity index (χ3n) is 2.09. The minimum absolute atomic E-state index is 0.0329. The van der Waals surface area contributed by atoms with E-state index in [1.807, 2.05) is 0 Å². The van der Waals surface area contributed by atoms with Gasteiger partial charge in [-0.2, -0.15) is 0 Å². The fourth-order valence-corrected chi connectivity index (χ4v) is 1.27. The zero-order valence-electron chi connectivity index (χ0n) is 8.07. The highest BCUT2D eigenvalue weighted by molar-refractivity contribution is 5.76. The van der Waals surface area contributed by atoms with Crippen LogP contribution in [0, 0.1) is 0 Å². The molecule has 1 heterocycles. The van der Waals surface area contributed by atoms with Crippen LogP contribution in [-0.4, -0.2) is 66.6 Å². The average molecular weight is 203 g/mol. The minimum atomic E-state index is -0.720. The van der Waals surface area contributed by atoms with E-state index in [4.69, 9.17) is 10.2 Å². The van der Waals surface area contributed by atoms with Gasteiger partial charge in [-0.15, -0.1) is 0 Å². The number of aliphatic hydroxyl groups is 2. The van der Waals surface area contributed by atoms with Crippen molar-refractivity contribution in [2.45, 2.75) is 6.10 Å². The SMILES string of the molecule is O=C1NCCN1CCNCC(O)CO. The molecular formula is C8H17N3O3. The van der Waals surface area contributed by atoms with E-state index in [1.165, 1.54) is 0 Å². The van der Waals surface area contributed by atoms with Crippen LogP contribution in [0.15, 0.2) is 0 Å². The predicted octanol–water partition coefficient (Wildman–Crippen LogP) is -2.05. The van der Waals surface area contributed by atoms with E-state index in [-0.39, 0.29) is 12.6 Å². The van der Waals surface area contributed by atoms with Crippen LogP contribution in [0.3, 0.4) is 0 Å². The Morgan fingerprint density at radius 1 is 1.64 bits per heavy atom. The second kappa shape index (κ2) is 5.79. The van der Waals surface area contributed by atoms with Crippen LogP contribution in [0.2, 0.25) is 0 Å². The summed E-state index contributed by atoms with van der Waals surface area (Å²) >= 11 is 0. The summed E-state index contributed by atoms with van der Waals surface area (Å²) in [5.74, 6) is 0. The molecule has 14 heavy (non-hydrogen) atoms. The highest BCUT2D eigenvalue weighted by Gasteiger charge is 2.18. The van der Waals surface area contributed by atoms with Crippen LogP contribution in [0.1, 0.15) is 0 Å². The molecule has 0 radical (unpaired) electrons. The monoisotopic (exact) mass is 203 g/mol. The molecule has 6 nitrogen and oxygen atoms in total. The smallest absolute Gasteiger partial charge is 0.317 e. The highest BCUT2D eigenvalue weighted by Crippen LogP contribution is 1.94. The van der Waals surface area contributed by atoms with Gasteiger partial charge in [0.05, 0.1) is 12.7 Å². The molecule has 1 unspecified atom stereocenters. The van der Waals surface area contributed by atoms with Crippen molar-refractivity contribution in [2.75, 3.05) is 39.3 Å². The van der Waals surface area contributed by atoms with Crippen molar-refractivity contribution < 1.29 is 15.0 Å². The zero-order valence-corrected chi connectivity index (χ0v) is 8.07. The number of carbonyl (C=O) groups excluding carboxylic acids is 1. The Kier molecular flexibility index (Phi) is 4.64. The Labute approximate surface area is 82.9 Å². The van der Waals surface area contributed by atoms with Gasteiger partial charge in [-0.25, -0.2) is 4.79 Å². The summed E-state index contributed by atoms with van der Waals surface area (Å²) < 4.78 is 0. The van der Waals surface area contributed by atoms with Crippen LogP contribution in [0.25, 0.3) is 0 Å². The predicted molar refractivity (Wildman–Crippen MR) is 50.9 cm³/mol. The Morgan fingerprint density at radius 3 is 3.00 bits per heavy atom. The van der Waals surface area contributed by atoms with Crippen LogP contribution in [0.5, 0.6) is 0 Å². The second-order valence-corrected chi connectivity index (χ2v) is 3.26. The van der Waals surface area contributed by atoms with E-state index < -0.39 is 6.10 Å². The first-order valence-electron chi connectivity index (χ1n) is 4.76. The first kappa shape index (κ1) is 11.2. The van der Waals surface area contributed by atoms with Crippen molar-refractivity contribution >= 4 is 6.03 Å². The molecule has 0 bridgehead atoms. The topological polar surface area (TPSA) is 84.8 Å². The van der Waals surface area contributed by atoms with Gasteiger partial charge in [-0.05, 0) is 0 Å². The van der Waals surface area contributed by atoms with E-state index in [2.05, 4.69) is 10.6 Å². The van der Waals surface area contributed by atoms with E-state index >= 15 is 0 Å². The maximum atomic E-state index is 11.1. The van der Waals surface area contributed by atoms with Gasteiger partial charge in [0.2, 0.25) is 0 Å². The summed E-state index contributed by atoms with van der Waals surface area (Å²) in [6, 6.07) is -0.0329. The van der Waals surface area contributed by atoms with E-state index in [1.54, 1.807) is 4.90 Å². The van der Waals surface area contributed by atoms with Crippen LogP contribution >= 0.6 is 0 Å². The number of aliphatic hydroxyl groups excluding tert-OH is 2.